The van der Waals surface area contributed by atoms with Crippen LogP contribution in [0.5, 0.6) is 0 Å². The second-order valence-corrected chi connectivity index (χ2v) is 6.87. The first-order valence-electron chi connectivity index (χ1n) is 7.43. The normalized spacial score (nSPS) is 12.9. The van der Waals surface area contributed by atoms with Crippen LogP contribution in [0.15, 0.2) is 12.3 Å². The van der Waals surface area contributed by atoms with Crippen molar-refractivity contribution in [3.63, 3.8) is 0 Å². The maximum Gasteiger partial charge on any atom is 0.252 e. The van der Waals surface area contributed by atoms with Gasteiger partial charge in [-0.2, -0.15) is 0 Å². The summed E-state index contributed by atoms with van der Waals surface area (Å²) in [6, 6.07) is 1.66. The Hall–Kier alpha value is -1.29. The van der Waals surface area contributed by atoms with Gasteiger partial charge in [0.2, 0.25) is 0 Å². The third-order valence-electron chi connectivity index (χ3n) is 3.69. The topological polar surface area (TPSA) is 54.0 Å². The summed E-state index contributed by atoms with van der Waals surface area (Å²) in [7, 11) is 0. The van der Waals surface area contributed by atoms with Crippen LogP contribution in [-0.2, 0) is 0 Å². The number of nitrogens with one attached hydrogen (secondary N) is 2. The molecular formula is C16H26ClN3O. The molecule has 1 unspecified atom stereocenters. The Bertz CT molecular complexity index is 483. The van der Waals surface area contributed by atoms with Crippen LogP contribution in [0.2, 0.25) is 5.02 Å². The highest BCUT2D eigenvalue weighted by Crippen LogP contribution is 2.24. The minimum absolute atomic E-state index is 0.137. The van der Waals surface area contributed by atoms with Crippen molar-refractivity contribution < 1.29 is 4.79 Å². The molecule has 1 rings (SSSR count). The number of rotatable bonds is 6. The van der Waals surface area contributed by atoms with E-state index in [1.54, 1.807) is 12.3 Å². The lowest BCUT2D eigenvalue weighted by atomic mass is 9.82. The number of nitrogens with zero attached hydrogens (tertiary/aromatic N) is 1. The van der Waals surface area contributed by atoms with E-state index >= 15 is 0 Å². The summed E-state index contributed by atoms with van der Waals surface area (Å²) in [6.07, 6.45) is 2.55. The summed E-state index contributed by atoms with van der Waals surface area (Å²) < 4.78 is 0. The molecule has 1 aromatic heterocycles. The number of hydrogen-bond donors (Lipinski definition) is 2. The average Bonchev–Trinajstić information content (AvgIpc) is 2.41. The van der Waals surface area contributed by atoms with Crippen molar-refractivity contribution in [1.82, 2.24) is 10.3 Å². The number of carbonyl (C=O) groups excluding carboxylic acids is 1. The smallest absolute Gasteiger partial charge is 0.252 e. The molecule has 0 bridgehead atoms. The van der Waals surface area contributed by atoms with Crippen LogP contribution in [0.4, 0.5) is 5.82 Å². The Morgan fingerprint density at radius 2 is 2.10 bits per heavy atom. The fourth-order valence-electron chi connectivity index (χ4n) is 1.59. The van der Waals surface area contributed by atoms with Gasteiger partial charge in [0, 0.05) is 19.3 Å². The Kier molecular flexibility index (Phi) is 6.46. The first-order chi connectivity index (χ1) is 9.75. The van der Waals surface area contributed by atoms with Crippen molar-refractivity contribution >= 4 is 23.3 Å². The monoisotopic (exact) mass is 311 g/mol. The van der Waals surface area contributed by atoms with E-state index in [4.69, 9.17) is 11.6 Å². The van der Waals surface area contributed by atoms with Crippen LogP contribution in [0.25, 0.3) is 0 Å². The maximum atomic E-state index is 12.1. The third kappa shape index (κ3) is 5.54. The molecule has 0 spiro atoms. The predicted octanol–water partition coefficient (Wildman–Crippen LogP) is 3.97. The molecular weight excluding hydrogens is 286 g/mol. The number of amides is 1. The van der Waals surface area contributed by atoms with Crippen LogP contribution < -0.4 is 10.6 Å². The van der Waals surface area contributed by atoms with Crippen molar-refractivity contribution in [3.05, 3.63) is 22.8 Å². The Labute approximate surface area is 132 Å². The van der Waals surface area contributed by atoms with Crippen LogP contribution >= 0.6 is 11.6 Å². The van der Waals surface area contributed by atoms with E-state index in [1.165, 1.54) is 0 Å². The van der Waals surface area contributed by atoms with Crippen LogP contribution in [0.1, 0.15) is 51.4 Å². The van der Waals surface area contributed by atoms with Gasteiger partial charge in [-0.15, -0.1) is 0 Å². The molecule has 0 saturated carbocycles. The molecule has 0 aromatic carbocycles. The number of pyridine rings is 1. The Balaban J connectivity index is 2.65. The molecule has 2 N–H and O–H groups in total. The second-order valence-electron chi connectivity index (χ2n) is 6.46. The molecule has 0 fully saturated rings. The van der Waals surface area contributed by atoms with E-state index in [0.717, 1.165) is 13.0 Å². The van der Waals surface area contributed by atoms with Crippen molar-refractivity contribution in [2.45, 2.75) is 41.0 Å². The first kappa shape index (κ1) is 17.8. The van der Waals surface area contributed by atoms with Gasteiger partial charge in [-0.1, -0.05) is 46.2 Å². The van der Waals surface area contributed by atoms with Crippen LogP contribution in [-0.4, -0.2) is 24.0 Å². The number of halogens is 1. The molecule has 0 aliphatic rings. The van der Waals surface area contributed by atoms with E-state index in [1.807, 2.05) is 0 Å². The summed E-state index contributed by atoms with van der Waals surface area (Å²) in [5.74, 6) is 0.871. The summed E-state index contributed by atoms with van der Waals surface area (Å²) in [4.78, 5) is 16.3. The van der Waals surface area contributed by atoms with Gasteiger partial charge in [0.05, 0.1) is 10.6 Å². The summed E-state index contributed by atoms with van der Waals surface area (Å²) >= 11 is 6.14. The minimum Gasteiger partial charge on any atom is -0.369 e. The first-order valence-corrected chi connectivity index (χ1v) is 7.81. The zero-order valence-electron chi connectivity index (χ0n) is 13.6. The molecule has 0 radical (unpaired) electrons. The third-order valence-corrected chi connectivity index (χ3v) is 3.98. The van der Waals surface area contributed by atoms with E-state index in [9.17, 15) is 4.79 Å². The van der Waals surface area contributed by atoms with E-state index in [0.29, 0.717) is 28.9 Å². The van der Waals surface area contributed by atoms with E-state index in [2.05, 4.69) is 50.2 Å². The van der Waals surface area contributed by atoms with Crippen molar-refractivity contribution in [2.75, 3.05) is 18.4 Å². The average molecular weight is 312 g/mol. The summed E-state index contributed by atoms with van der Waals surface area (Å²) in [6.45, 7) is 12.1. The highest BCUT2D eigenvalue weighted by atomic mass is 35.5. The van der Waals surface area contributed by atoms with Crippen molar-refractivity contribution in [1.29, 1.82) is 0 Å². The molecule has 1 atom stereocenters. The SMILES string of the molecule is CCCNc1ncc(C(=O)NCC(C)C(C)(C)C)cc1Cl. The highest BCUT2D eigenvalue weighted by molar-refractivity contribution is 6.33. The van der Waals surface area contributed by atoms with Gasteiger partial charge in [-0.05, 0) is 23.8 Å². The second kappa shape index (κ2) is 7.64. The zero-order chi connectivity index (χ0) is 16.0. The maximum absolute atomic E-state index is 12.1. The zero-order valence-corrected chi connectivity index (χ0v) is 14.3. The van der Waals surface area contributed by atoms with Gasteiger partial charge in [-0.25, -0.2) is 4.98 Å². The molecule has 0 aliphatic carbocycles. The highest BCUT2D eigenvalue weighted by Gasteiger charge is 2.20. The molecule has 1 heterocycles. The van der Waals surface area contributed by atoms with Crippen LogP contribution in [0, 0.1) is 11.3 Å². The minimum atomic E-state index is -0.137. The van der Waals surface area contributed by atoms with Gasteiger partial charge in [0.1, 0.15) is 5.82 Å². The largest absolute Gasteiger partial charge is 0.369 e. The van der Waals surface area contributed by atoms with Crippen molar-refractivity contribution in [2.24, 2.45) is 11.3 Å². The molecule has 5 heteroatoms. The van der Waals surface area contributed by atoms with Gasteiger partial charge in [0.15, 0.2) is 0 Å². The van der Waals surface area contributed by atoms with Gasteiger partial charge in [0.25, 0.3) is 5.91 Å². The molecule has 0 saturated heterocycles. The fourth-order valence-corrected chi connectivity index (χ4v) is 1.82. The number of aromatic nitrogens is 1. The lowest BCUT2D eigenvalue weighted by molar-refractivity contribution is 0.0936. The lowest BCUT2D eigenvalue weighted by Crippen LogP contribution is -2.33. The molecule has 1 aromatic rings. The number of anilines is 1. The molecule has 4 nitrogen and oxygen atoms in total. The summed E-state index contributed by atoms with van der Waals surface area (Å²) in [5.41, 5.74) is 0.653. The van der Waals surface area contributed by atoms with Crippen LogP contribution in [0.3, 0.4) is 0 Å². The molecule has 118 valence electrons. The fraction of sp³-hybridized carbons (Fsp3) is 0.625. The molecule has 0 aliphatic heterocycles. The Morgan fingerprint density at radius 1 is 1.43 bits per heavy atom. The van der Waals surface area contributed by atoms with Gasteiger partial charge < -0.3 is 10.6 Å². The molecule has 1 amide bonds. The number of carbonyl (C=O) groups is 1. The quantitative estimate of drug-likeness (QED) is 0.836. The standard InChI is InChI=1S/C16H26ClN3O/c1-6-7-18-14-13(17)8-12(10-19-14)15(21)20-9-11(2)16(3,4)5/h8,10-11H,6-7,9H2,1-5H3,(H,18,19)(H,20,21). The van der Waals surface area contributed by atoms with Gasteiger partial charge in [-0.3, -0.25) is 4.79 Å². The lowest BCUT2D eigenvalue weighted by Gasteiger charge is -2.27. The predicted molar refractivity (Wildman–Crippen MR) is 89.0 cm³/mol. The Morgan fingerprint density at radius 3 is 2.62 bits per heavy atom. The van der Waals surface area contributed by atoms with E-state index in [-0.39, 0.29) is 11.3 Å². The van der Waals surface area contributed by atoms with E-state index < -0.39 is 0 Å². The molecule has 21 heavy (non-hydrogen) atoms. The van der Waals surface area contributed by atoms with Gasteiger partial charge >= 0.3 is 0 Å². The number of hydrogen-bond acceptors (Lipinski definition) is 3. The summed E-state index contributed by atoms with van der Waals surface area (Å²) in [5, 5.41) is 6.53. The van der Waals surface area contributed by atoms with Crippen molar-refractivity contribution in [3.8, 4) is 0 Å².